The fourth-order valence-corrected chi connectivity index (χ4v) is 2.31. The molecule has 0 aliphatic rings. The lowest BCUT2D eigenvalue weighted by Gasteiger charge is -2.12. The van der Waals surface area contributed by atoms with E-state index in [1.165, 1.54) is 12.1 Å². The highest BCUT2D eigenvalue weighted by atomic mass is 19.1. The predicted octanol–water partition coefficient (Wildman–Crippen LogP) is 4.11. The van der Waals surface area contributed by atoms with Crippen molar-refractivity contribution in [2.75, 3.05) is 10.6 Å². The first kappa shape index (κ1) is 16.4. The summed E-state index contributed by atoms with van der Waals surface area (Å²) in [4.78, 5) is 19.8. The smallest absolute Gasteiger partial charge is 0.337 e. The van der Waals surface area contributed by atoms with Crippen LogP contribution in [0.25, 0.3) is 0 Å². The van der Waals surface area contributed by atoms with Crippen molar-refractivity contribution >= 4 is 29.0 Å². The quantitative estimate of drug-likeness (QED) is 0.649. The molecule has 0 unspecified atom stereocenters. The number of hydrogen-bond donors (Lipinski definition) is 3. The molecule has 0 radical (unpaired) electrons. The third kappa shape index (κ3) is 3.89. The molecule has 0 bridgehead atoms. The zero-order chi connectivity index (χ0) is 17.8. The van der Waals surface area contributed by atoms with Gasteiger partial charge in [-0.2, -0.15) is 0 Å². The molecule has 25 heavy (non-hydrogen) atoms. The van der Waals surface area contributed by atoms with Crippen LogP contribution in [0.4, 0.5) is 27.4 Å². The van der Waals surface area contributed by atoms with E-state index in [-0.39, 0.29) is 11.3 Å². The maximum Gasteiger partial charge on any atom is 0.337 e. The summed E-state index contributed by atoms with van der Waals surface area (Å²) in [6.45, 7) is 1.70. The molecule has 0 spiro atoms. The Morgan fingerprint density at radius 2 is 1.52 bits per heavy atom. The summed E-state index contributed by atoms with van der Waals surface area (Å²) < 4.78 is 13.8. The van der Waals surface area contributed by atoms with E-state index in [9.17, 15) is 14.3 Å². The Labute approximate surface area is 143 Å². The number of rotatable bonds is 5. The molecule has 3 rings (SSSR count). The van der Waals surface area contributed by atoms with Crippen LogP contribution in [0.15, 0.2) is 54.6 Å². The number of hydrogen-bond acceptors (Lipinski definition) is 5. The van der Waals surface area contributed by atoms with Crippen LogP contribution < -0.4 is 10.6 Å². The number of halogens is 1. The van der Waals surface area contributed by atoms with Gasteiger partial charge in [-0.25, -0.2) is 19.2 Å². The Morgan fingerprint density at radius 1 is 0.960 bits per heavy atom. The largest absolute Gasteiger partial charge is 0.478 e. The zero-order valence-electron chi connectivity index (χ0n) is 13.3. The molecule has 6 nitrogen and oxygen atoms in total. The van der Waals surface area contributed by atoms with Crippen molar-refractivity contribution in [3.8, 4) is 0 Å². The van der Waals surface area contributed by atoms with Crippen molar-refractivity contribution in [2.45, 2.75) is 6.92 Å². The van der Waals surface area contributed by atoms with Crippen molar-refractivity contribution < 1.29 is 14.3 Å². The molecule has 1 heterocycles. The number of benzene rings is 2. The molecule has 0 amide bonds. The van der Waals surface area contributed by atoms with Gasteiger partial charge in [0.2, 0.25) is 0 Å². The van der Waals surface area contributed by atoms with Gasteiger partial charge in [0.1, 0.15) is 23.3 Å². The minimum absolute atomic E-state index is 0.127. The Hall–Kier alpha value is -3.48. The number of nitrogens with one attached hydrogen (secondary N) is 2. The Morgan fingerprint density at radius 3 is 2.16 bits per heavy atom. The first-order chi connectivity index (χ1) is 12.0. The van der Waals surface area contributed by atoms with Gasteiger partial charge in [-0.3, -0.25) is 0 Å². The van der Waals surface area contributed by atoms with Crippen molar-refractivity contribution in [3.63, 3.8) is 0 Å². The first-order valence-electron chi connectivity index (χ1n) is 7.49. The second-order valence-electron chi connectivity index (χ2n) is 5.27. The van der Waals surface area contributed by atoms with E-state index in [1.807, 2.05) is 0 Å². The second-order valence-corrected chi connectivity index (χ2v) is 5.27. The molecule has 3 N–H and O–H groups in total. The normalized spacial score (nSPS) is 10.3. The zero-order valence-corrected chi connectivity index (χ0v) is 13.3. The standard InChI is InChI=1S/C18H15FN4O2/c1-11-20-16(22-14-8-4-2-6-12(14)18(24)25)10-17(21-11)23-15-9-5-3-7-13(15)19/h2-10H,1H3,(H,24,25)(H2,20,21,22,23). The van der Waals surface area contributed by atoms with Crippen LogP contribution in [0, 0.1) is 12.7 Å². The highest BCUT2D eigenvalue weighted by Gasteiger charge is 2.11. The average molecular weight is 338 g/mol. The fourth-order valence-electron chi connectivity index (χ4n) is 2.31. The number of aromatic carboxylic acids is 1. The van der Waals surface area contributed by atoms with E-state index < -0.39 is 11.8 Å². The Balaban J connectivity index is 1.90. The minimum atomic E-state index is -1.04. The van der Waals surface area contributed by atoms with Gasteiger partial charge in [-0.15, -0.1) is 0 Å². The monoisotopic (exact) mass is 338 g/mol. The topological polar surface area (TPSA) is 87.1 Å². The van der Waals surface area contributed by atoms with E-state index in [0.29, 0.717) is 23.1 Å². The molecule has 0 saturated heterocycles. The maximum atomic E-state index is 13.8. The molecule has 0 saturated carbocycles. The summed E-state index contributed by atoms with van der Waals surface area (Å²) in [5.41, 5.74) is 0.824. The average Bonchev–Trinajstić information content (AvgIpc) is 2.57. The lowest BCUT2D eigenvalue weighted by molar-refractivity contribution is 0.0698. The summed E-state index contributed by atoms with van der Waals surface area (Å²) in [6, 6.07) is 14.3. The predicted molar refractivity (Wildman–Crippen MR) is 93.1 cm³/mol. The van der Waals surface area contributed by atoms with Crippen molar-refractivity contribution in [1.82, 2.24) is 9.97 Å². The number of nitrogens with zero attached hydrogens (tertiary/aromatic N) is 2. The molecule has 0 aliphatic carbocycles. The first-order valence-corrected chi connectivity index (χ1v) is 7.49. The summed E-state index contributed by atoms with van der Waals surface area (Å²) in [7, 11) is 0. The minimum Gasteiger partial charge on any atom is -0.478 e. The van der Waals surface area contributed by atoms with E-state index in [2.05, 4.69) is 20.6 Å². The van der Waals surface area contributed by atoms with Crippen LogP contribution in [0.3, 0.4) is 0 Å². The van der Waals surface area contributed by atoms with E-state index >= 15 is 0 Å². The number of anilines is 4. The molecule has 7 heteroatoms. The summed E-state index contributed by atoms with van der Waals surface area (Å²) in [6.07, 6.45) is 0. The van der Waals surface area contributed by atoms with Gasteiger partial charge in [0.05, 0.1) is 16.9 Å². The third-order valence-electron chi connectivity index (χ3n) is 3.39. The summed E-state index contributed by atoms with van der Waals surface area (Å²) >= 11 is 0. The molecular formula is C18H15FN4O2. The van der Waals surface area contributed by atoms with E-state index in [0.717, 1.165) is 0 Å². The molecule has 1 aromatic heterocycles. The molecule has 0 atom stereocenters. The lowest BCUT2D eigenvalue weighted by Crippen LogP contribution is -2.05. The van der Waals surface area contributed by atoms with Gasteiger partial charge in [-0.1, -0.05) is 24.3 Å². The lowest BCUT2D eigenvalue weighted by atomic mass is 10.2. The number of aromatic nitrogens is 2. The van der Waals surface area contributed by atoms with E-state index in [4.69, 9.17) is 0 Å². The van der Waals surface area contributed by atoms with Crippen LogP contribution in [0.2, 0.25) is 0 Å². The molecule has 0 aliphatic heterocycles. The number of para-hydroxylation sites is 2. The van der Waals surface area contributed by atoms with Crippen LogP contribution in [-0.2, 0) is 0 Å². The van der Waals surface area contributed by atoms with Crippen LogP contribution in [0.1, 0.15) is 16.2 Å². The van der Waals surface area contributed by atoms with Gasteiger partial charge in [-0.05, 0) is 31.2 Å². The highest BCUT2D eigenvalue weighted by Crippen LogP contribution is 2.23. The van der Waals surface area contributed by atoms with Crippen molar-refractivity contribution in [2.24, 2.45) is 0 Å². The SMILES string of the molecule is Cc1nc(Nc2ccccc2F)cc(Nc2ccccc2C(=O)O)n1. The number of aryl methyl sites for hydroxylation is 1. The van der Waals surface area contributed by atoms with Gasteiger partial charge in [0.25, 0.3) is 0 Å². The van der Waals surface area contributed by atoms with Gasteiger partial charge < -0.3 is 15.7 Å². The molecule has 3 aromatic rings. The number of carbonyl (C=O) groups is 1. The van der Waals surface area contributed by atoms with Gasteiger partial charge in [0, 0.05) is 6.07 Å². The van der Waals surface area contributed by atoms with Crippen molar-refractivity contribution in [1.29, 1.82) is 0 Å². The van der Waals surface area contributed by atoms with Crippen LogP contribution in [-0.4, -0.2) is 21.0 Å². The molecule has 2 aromatic carbocycles. The molecule has 0 fully saturated rings. The van der Waals surface area contributed by atoms with E-state index in [1.54, 1.807) is 49.4 Å². The second kappa shape index (κ2) is 6.96. The fraction of sp³-hybridized carbons (Fsp3) is 0.0556. The van der Waals surface area contributed by atoms with Gasteiger partial charge in [0.15, 0.2) is 0 Å². The number of carboxylic acids is 1. The number of carboxylic acid groups (broad SMARTS) is 1. The van der Waals surface area contributed by atoms with Crippen molar-refractivity contribution in [3.05, 3.63) is 71.8 Å². The third-order valence-corrected chi connectivity index (χ3v) is 3.39. The molecule has 126 valence electrons. The summed E-state index contributed by atoms with van der Waals surface area (Å²) in [5.74, 6) is -0.187. The van der Waals surface area contributed by atoms with Crippen LogP contribution >= 0.6 is 0 Å². The Kier molecular flexibility index (Phi) is 4.56. The highest BCUT2D eigenvalue weighted by molar-refractivity contribution is 5.95. The maximum absolute atomic E-state index is 13.8. The Bertz CT molecular complexity index is 930. The van der Waals surface area contributed by atoms with Crippen LogP contribution in [0.5, 0.6) is 0 Å². The van der Waals surface area contributed by atoms with Gasteiger partial charge >= 0.3 is 5.97 Å². The molecular weight excluding hydrogens is 323 g/mol. The summed E-state index contributed by atoms with van der Waals surface area (Å²) in [5, 5.41) is 15.1.